The van der Waals surface area contributed by atoms with Gasteiger partial charge in [0.25, 0.3) is 5.91 Å². The minimum atomic E-state index is -5.08. The Morgan fingerprint density at radius 3 is 2.38 bits per heavy atom. The minimum absolute atomic E-state index is 0.221. The van der Waals surface area contributed by atoms with Gasteiger partial charge in [-0.15, -0.1) is 0 Å². The zero-order chi connectivity index (χ0) is 29.1. The largest absolute Gasteiger partial charge is 0.490 e. The van der Waals surface area contributed by atoms with Gasteiger partial charge in [0.1, 0.15) is 0 Å². The van der Waals surface area contributed by atoms with E-state index >= 15 is 0 Å². The molecule has 3 aromatic carbocycles. The van der Waals surface area contributed by atoms with Crippen molar-refractivity contribution in [2.24, 2.45) is 0 Å². The van der Waals surface area contributed by atoms with Gasteiger partial charge in [-0.05, 0) is 30.2 Å². The number of H-pyrrole nitrogens is 1. The first-order chi connectivity index (χ1) is 18.9. The molecule has 4 aromatic rings. The number of benzene rings is 3. The number of ether oxygens (including phenoxy) is 1. The van der Waals surface area contributed by atoms with Crippen molar-refractivity contribution in [1.29, 1.82) is 0 Å². The molecule has 0 saturated carbocycles. The van der Waals surface area contributed by atoms with Crippen molar-refractivity contribution < 1.29 is 42.5 Å². The van der Waals surface area contributed by atoms with Gasteiger partial charge in [-0.25, -0.2) is 14.6 Å². The number of amides is 2. The van der Waals surface area contributed by atoms with E-state index in [0.717, 1.165) is 5.56 Å². The highest BCUT2D eigenvalue weighted by Gasteiger charge is 2.49. The number of carboxylic acids is 1. The van der Waals surface area contributed by atoms with Crippen molar-refractivity contribution in [2.45, 2.75) is 18.3 Å². The standard InChI is InChI=1S/C25H22N4O4.C2HF3O2/c1-33-24(31)28-23-26-20-12-11-17(15-21(20)27-23)25(32)19-10-6-5-9-18(19)22(30)29(25)14-13-16-7-3-2-4-8-16;3-2(4,5)1(6)7/h2-12,15,32H,13-14H2,1H3,(H2,26,27,28,31);(H,6,7). The topological polar surface area (TPSA) is 145 Å². The van der Waals surface area contributed by atoms with Gasteiger partial charge in [0.2, 0.25) is 5.95 Å². The predicted octanol–water partition coefficient (Wildman–Crippen LogP) is 4.27. The molecule has 1 unspecified atom stereocenters. The van der Waals surface area contributed by atoms with Crippen LogP contribution in [0.2, 0.25) is 0 Å². The van der Waals surface area contributed by atoms with Gasteiger partial charge in [-0.1, -0.05) is 54.6 Å². The van der Waals surface area contributed by atoms with Crippen LogP contribution in [-0.2, 0) is 21.7 Å². The summed E-state index contributed by atoms with van der Waals surface area (Å²) in [7, 11) is 1.27. The molecule has 2 heterocycles. The van der Waals surface area contributed by atoms with Crippen molar-refractivity contribution in [1.82, 2.24) is 14.9 Å². The van der Waals surface area contributed by atoms with Gasteiger partial charge in [0.05, 0.1) is 18.1 Å². The number of fused-ring (bicyclic) bond motifs is 2. The number of hydrogen-bond acceptors (Lipinski definition) is 6. The van der Waals surface area contributed by atoms with Crippen LogP contribution in [0, 0.1) is 0 Å². The fraction of sp³-hybridized carbons (Fsp3) is 0.185. The SMILES string of the molecule is COC(=O)Nc1nc2ccc(C3(O)c4ccccc4C(=O)N3CCc3ccccc3)cc2[nH]1.O=C(O)C(F)(F)F. The van der Waals surface area contributed by atoms with E-state index in [1.54, 1.807) is 36.4 Å². The van der Waals surface area contributed by atoms with E-state index in [4.69, 9.17) is 9.90 Å². The van der Waals surface area contributed by atoms with Crippen LogP contribution in [0.1, 0.15) is 27.0 Å². The van der Waals surface area contributed by atoms with Crippen molar-refractivity contribution in [3.63, 3.8) is 0 Å². The molecule has 0 spiro atoms. The third kappa shape index (κ3) is 5.59. The van der Waals surface area contributed by atoms with E-state index in [9.17, 15) is 27.9 Å². The number of carboxylic acid groups (broad SMARTS) is 1. The molecule has 1 atom stereocenters. The van der Waals surface area contributed by atoms with Gasteiger partial charge in [0, 0.05) is 23.2 Å². The Morgan fingerprint density at radius 1 is 1.07 bits per heavy atom. The lowest BCUT2D eigenvalue weighted by molar-refractivity contribution is -0.192. The molecule has 0 aliphatic carbocycles. The first-order valence-corrected chi connectivity index (χ1v) is 11.8. The highest BCUT2D eigenvalue weighted by atomic mass is 19.4. The van der Waals surface area contributed by atoms with E-state index in [-0.39, 0.29) is 11.9 Å². The Bertz CT molecular complexity index is 1560. The Balaban J connectivity index is 0.000000470. The number of nitrogens with zero attached hydrogens (tertiary/aromatic N) is 2. The molecule has 5 rings (SSSR count). The lowest BCUT2D eigenvalue weighted by atomic mass is 9.93. The number of alkyl halides is 3. The fourth-order valence-electron chi connectivity index (χ4n) is 4.30. The molecule has 1 aliphatic rings. The highest BCUT2D eigenvalue weighted by Crippen LogP contribution is 2.42. The van der Waals surface area contributed by atoms with Crippen LogP contribution in [0.25, 0.3) is 11.0 Å². The summed E-state index contributed by atoms with van der Waals surface area (Å²) in [5.41, 5.74) is 2.17. The van der Waals surface area contributed by atoms with Crippen LogP contribution in [0.4, 0.5) is 23.9 Å². The minimum Gasteiger partial charge on any atom is -0.475 e. The summed E-state index contributed by atoms with van der Waals surface area (Å²) in [5, 5.41) is 21.7. The van der Waals surface area contributed by atoms with Gasteiger partial charge in [0.15, 0.2) is 5.72 Å². The summed E-state index contributed by atoms with van der Waals surface area (Å²) in [4.78, 5) is 42.6. The van der Waals surface area contributed by atoms with E-state index in [2.05, 4.69) is 20.0 Å². The highest BCUT2D eigenvalue weighted by molar-refractivity contribution is 6.00. The van der Waals surface area contributed by atoms with Crippen molar-refractivity contribution in [3.05, 3.63) is 95.1 Å². The summed E-state index contributed by atoms with van der Waals surface area (Å²) in [6.45, 7) is 0.337. The first-order valence-electron chi connectivity index (χ1n) is 11.8. The fourth-order valence-corrected chi connectivity index (χ4v) is 4.30. The number of aliphatic carboxylic acids is 1. The lowest BCUT2D eigenvalue weighted by Gasteiger charge is -2.35. The molecule has 0 saturated heterocycles. The number of rotatable bonds is 5. The monoisotopic (exact) mass is 556 g/mol. The van der Waals surface area contributed by atoms with Gasteiger partial charge < -0.3 is 24.8 Å². The summed E-state index contributed by atoms with van der Waals surface area (Å²) < 4.78 is 36.3. The van der Waals surface area contributed by atoms with Crippen LogP contribution in [0.3, 0.4) is 0 Å². The number of halogens is 3. The average molecular weight is 556 g/mol. The molecule has 4 N–H and O–H groups in total. The maximum atomic E-state index is 13.3. The number of anilines is 1. The molecular weight excluding hydrogens is 533 g/mol. The Morgan fingerprint density at radius 2 is 1.73 bits per heavy atom. The van der Waals surface area contributed by atoms with Crippen LogP contribution >= 0.6 is 0 Å². The quantitative estimate of drug-likeness (QED) is 0.287. The second-order valence-electron chi connectivity index (χ2n) is 8.65. The molecule has 0 radical (unpaired) electrons. The third-order valence-electron chi connectivity index (χ3n) is 6.17. The summed E-state index contributed by atoms with van der Waals surface area (Å²) in [6.07, 6.45) is -5.13. The predicted molar refractivity (Wildman–Crippen MR) is 136 cm³/mol. The van der Waals surface area contributed by atoms with Crippen LogP contribution in [0.15, 0.2) is 72.8 Å². The molecule has 10 nitrogen and oxygen atoms in total. The van der Waals surface area contributed by atoms with E-state index < -0.39 is 24.0 Å². The molecule has 40 heavy (non-hydrogen) atoms. The maximum absolute atomic E-state index is 13.3. The molecule has 13 heteroatoms. The van der Waals surface area contributed by atoms with E-state index in [1.807, 2.05) is 36.4 Å². The Kier molecular flexibility index (Phi) is 7.77. The second-order valence-corrected chi connectivity index (χ2v) is 8.65. The normalized spacial score (nSPS) is 16.2. The zero-order valence-corrected chi connectivity index (χ0v) is 20.9. The molecule has 0 fully saturated rings. The lowest BCUT2D eigenvalue weighted by Crippen LogP contribution is -2.45. The zero-order valence-electron chi connectivity index (χ0n) is 20.9. The number of nitrogens with one attached hydrogen (secondary N) is 2. The van der Waals surface area contributed by atoms with Crippen LogP contribution < -0.4 is 5.32 Å². The first kappa shape index (κ1) is 28.1. The number of carbonyl (C=O) groups is 3. The summed E-state index contributed by atoms with van der Waals surface area (Å²) in [5.74, 6) is -2.75. The van der Waals surface area contributed by atoms with Crippen molar-refractivity contribution in [2.75, 3.05) is 19.0 Å². The van der Waals surface area contributed by atoms with E-state index in [0.29, 0.717) is 40.7 Å². The van der Waals surface area contributed by atoms with Crippen LogP contribution in [0.5, 0.6) is 0 Å². The number of hydrogen-bond donors (Lipinski definition) is 4. The van der Waals surface area contributed by atoms with E-state index in [1.165, 1.54) is 12.0 Å². The van der Waals surface area contributed by atoms with Gasteiger partial charge in [-0.2, -0.15) is 13.2 Å². The van der Waals surface area contributed by atoms with Crippen LogP contribution in [-0.4, -0.2) is 62.9 Å². The summed E-state index contributed by atoms with van der Waals surface area (Å²) >= 11 is 0. The molecular formula is C27H23F3N4O6. The number of imidazole rings is 1. The smallest absolute Gasteiger partial charge is 0.475 e. The van der Waals surface area contributed by atoms with Crippen molar-refractivity contribution >= 4 is 35.0 Å². The third-order valence-corrected chi connectivity index (χ3v) is 6.17. The number of methoxy groups -OCH3 is 1. The van der Waals surface area contributed by atoms with Crippen molar-refractivity contribution in [3.8, 4) is 0 Å². The number of aromatic amines is 1. The second kappa shape index (κ2) is 11.1. The Hall–Kier alpha value is -4.91. The van der Waals surface area contributed by atoms with Gasteiger partial charge >= 0.3 is 18.2 Å². The molecule has 208 valence electrons. The average Bonchev–Trinajstić information content (AvgIpc) is 3.43. The van der Waals surface area contributed by atoms with Gasteiger partial charge in [-0.3, -0.25) is 10.1 Å². The number of carbonyl (C=O) groups excluding carboxylic acids is 2. The molecule has 2 amide bonds. The Labute approximate surface area is 225 Å². The molecule has 1 aliphatic heterocycles. The summed E-state index contributed by atoms with van der Waals surface area (Å²) in [6, 6.07) is 22.2. The maximum Gasteiger partial charge on any atom is 0.490 e. The number of aromatic nitrogens is 2. The molecule has 1 aromatic heterocycles. The number of aliphatic hydroxyl groups is 1. The molecule has 0 bridgehead atoms.